The van der Waals surface area contributed by atoms with Crippen LogP contribution in [0.15, 0.2) is 70.3 Å². The van der Waals surface area contributed by atoms with E-state index in [1.54, 1.807) is 28.5 Å². The lowest BCUT2D eigenvalue weighted by molar-refractivity contribution is -0.123. The summed E-state index contributed by atoms with van der Waals surface area (Å²) in [5, 5.41) is 2.92. The number of para-hydroxylation sites is 1. The summed E-state index contributed by atoms with van der Waals surface area (Å²) in [6.07, 6.45) is 0.945. The van der Waals surface area contributed by atoms with Crippen LogP contribution in [0.2, 0.25) is 5.02 Å². The van der Waals surface area contributed by atoms with Crippen molar-refractivity contribution in [2.24, 2.45) is 5.92 Å². The Morgan fingerprint density at radius 2 is 1.82 bits per heavy atom. The van der Waals surface area contributed by atoms with E-state index in [4.69, 9.17) is 16.6 Å². The quantitative estimate of drug-likeness (QED) is 0.322. The lowest BCUT2D eigenvalue weighted by Gasteiger charge is -2.32. The Hall–Kier alpha value is -2.30. The van der Waals surface area contributed by atoms with Gasteiger partial charge in [0.25, 0.3) is 10.0 Å². The molecule has 1 aliphatic rings. The SMILES string of the molecule is O=C(C1CCN(S(=O)(=O)c2cccs2)CC1)N(Cc1ccccc1)c1nc2c(Cl)cccc2s1. The third-order valence-electron chi connectivity index (χ3n) is 5.93. The first-order valence-electron chi connectivity index (χ1n) is 10.9. The molecule has 176 valence electrons. The molecule has 0 unspecified atom stereocenters. The number of anilines is 1. The van der Waals surface area contributed by atoms with Gasteiger partial charge in [-0.15, -0.1) is 11.3 Å². The molecule has 1 aliphatic heterocycles. The number of thiophene rings is 1. The molecule has 34 heavy (non-hydrogen) atoms. The third kappa shape index (κ3) is 4.63. The van der Waals surface area contributed by atoms with E-state index in [1.807, 2.05) is 42.5 Å². The zero-order valence-electron chi connectivity index (χ0n) is 18.1. The van der Waals surface area contributed by atoms with Crippen LogP contribution in [-0.4, -0.2) is 36.7 Å². The summed E-state index contributed by atoms with van der Waals surface area (Å²) >= 11 is 9.00. The van der Waals surface area contributed by atoms with Gasteiger partial charge in [0.2, 0.25) is 5.91 Å². The highest BCUT2D eigenvalue weighted by molar-refractivity contribution is 7.91. The Balaban J connectivity index is 1.39. The van der Waals surface area contributed by atoms with E-state index < -0.39 is 10.0 Å². The molecule has 5 rings (SSSR count). The van der Waals surface area contributed by atoms with Gasteiger partial charge in [-0.05, 0) is 42.0 Å². The molecule has 0 atom stereocenters. The van der Waals surface area contributed by atoms with Gasteiger partial charge in [0, 0.05) is 19.0 Å². The summed E-state index contributed by atoms with van der Waals surface area (Å²) in [5.41, 5.74) is 1.69. The number of amides is 1. The van der Waals surface area contributed by atoms with Crippen molar-refractivity contribution < 1.29 is 13.2 Å². The average Bonchev–Trinajstić information content (AvgIpc) is 3.54. The number of sulfonamides is 1. The van der Waals surface area contributed by atoms with Gasteiger partial charge in [-0.25, -0.2) is 13.4 Å². The lowest BCUT2D eigenvalue weighted by Crippen LogP contribution is -2.44. The van der Waals surface area contributed by atoms with Crippen molar-refractivity contribution in [2.45, 2.75) is 23.6 Å². The van der Waals surface area contributed by atoms with Crippen molar-refractivity contribution in [1.29, 1.82) is 0 Å². The van der Waals surface area contributed by atoms with E-state index >= 15 is 0 Å². The van der Waals surface area contributed by atoms with Gasteiger partial charge in [0.15, 0.2) is 5.13 Å². The number of piperidine rings is 1. The number of rotatable bonds is 6. The van der Waals surface area contributed by atoms with Crippen molar-refractivity contribution in [3.05, 3.63) is 76.6 Å². The smallest absolute Gasteiger partial charge is 0.252 e. The maximum Gasteiger partial charge on any atom is 0.252 e. The Kier molecular flexibility index (Phi) is 6.72. The Morgan fingerprint density at radius 3 is 2.50 bits per heavy atom. The summed E-state index contributed by atoms with van der Waals surface area (Å²) < 4.78 is 28.5. The minimum absolute atomic E-state index is 0.0350. The molecule has 1 saturated heterocycles. The van der Waals surface area contributed by atoms with Gasteiger partial charge in [-0.1, -0.05) is 65.4 Å². The van der Waals surface area contributed by atoms with Crippen LogP contribution in [0.5, 0.6) is 0 Å². The summed E-state index contributed by atoms with van der Waals surface area (Å²) in [7, 11) is -3.51. The van der Waals surface area contributed by atoms with Crippen molar-refractivity contribution >= 4 is 65.6 Å². The van der Waals surface area contributed by atoms with E-state index in [0.29, 0.717) is 52.4 Å². The van der Waals surface area contributed by atoms with Crippen LogP contribution >= 0.6 is 34.3 Å². The molecule has 2 aromatic heterocycles. The van der Waals surface area contributed by atoms with Gasteiger partial charge in [-0.3, -0.25) is 9.69 Å². The largest absolute Gasteiger partial charge is 0.283 e. The molecule has 6 nitrogen and oxygen atoms in total. The summed E-state index contributed by atoms with van der Waals surface area (Å²) in [4.78, 5) is 20.2. The maximum atomic E-state index is 13.7. The maximum absolute atomic E-state index is 13.7. The zero-order valence-corrected chi connectivity index (χ0v) is 21.3. The van der Waals surface area contributed by atoms with E-state index in [0.717, 1.165) is 10.3 Å². The number of thiazole rings is 1. The van der Waals surface area contributed by atoms with Crippen LogP contribution in [-0.2, 0) is 21.4 Å². The minimum Gasteiger partial charge on any atom is -0.283 e. The van der Waals surface area contributed by atoms with Crippen molar-refractivity contribution in [3.63, 3.8) is 0 Å². The third-order valence-corrected chi connectivity index (χ3v) is 10.6. The van der Waals surface area contributed by atoms with E-state index in [2.05, 4.69) is 0 Å². The number of nitrogens with zero attached hydrogens (tertiary/aromatic N) is 3. The molecule has 0 bridgehead atoms. The van der Waals surface area contributed by atoms with Crippen LogP contribution in [0.1, 0.15) is 18.4 Å². The molecule has 2 aromatic carbocycles. The number of hydrogen-bond donors (Lipinski definition) is 0. The van der Waals surface area contributed by atoms with Crippen LogP contribution in [0, 0.1) is 5.92 Å². The second-order valence-corrected chi connectivity index (χ2v) is 12.6. The molecule has 0 aliphatic carbocycles. The van der Waals surface area contributed by atoms with Crippen LogP contribution in [0.3, 0.4) is 0 Å². The van der Waals surface area contributed by atoms with Crippen molar-refractivity contribution in [2.75, 3.05) is 18.0 Å². The summed E-state index contributed by atoms with van der Waals surface area (Å²) in [6, 6.07) is 18.8. The molecule has 0 spiro atoms. The monoisotopic (exact) mass is 531 g/mol. The van der Waals surface area contributed by atoms with Crippen molar-refractivity contribution in [1.82, 2.24) is 9.29 Å². The Labute approximate surface area is 211 Å². The van der Waals surface area contributed by atoms with Gasteiger partial charge in [0.05, 0.1) is 16.3 Å². The second kappa shape index (κ2) is 9.75. The zero-order chi connectivity index (χ0) is 23.7. The first-order valence-corrected chi connectivity index (χ1v) is 14.4. The number of aromatic nitrogens is 1. The van der Waals surface area contributed by atoms with Crippen LogP contribution < -0.4 is 4.90 Å². The highest BCUT2D eigenvalue weighted by Crippen LogP contribution is 2.35. The molecular formula is C24H22ClN3O3S3. The minimum atomic E-state index is -3.51. The number of benzene rings is 2. The highest BCUT2D eigenvalue weighted by atomic mass is 35.5. The normalized spacial score (nSPS) is 15.6. The fourth-order valence-corrected chi connectivity index (χ4v) is 8.01. The molecule has 1 amide bonds. The van der Waals surface area contributed by atoms with E-state index in [-0.39, 0.29) is 11.8 Å². The molecule has 10 heteroatoms. The first-order chi connectivity index (χ1) is 16.4. The van der Waals surface area contributed by atoms with E-state index in [1.165, 1.54) is 27.0 Å². The second-order valence-electron chi connectivity index (χ2n) is 8.10. The molecular weight excluding hydrogens is 510 g/mol. The van der Waals surface area contributed by atoms with Gasteiger partial charge in [-0.2, -0.15) is 4.31 Å². The topological polar surface area (TPSA) is 70.6 Å². The average molecular weight is 532 g/mol. The Morgan fingerprint density at radius 1 is 1.06 bits per heavy atom. The summed E-state index contributed by atoms with van der Waals surface area (Å²) in [5.74, 6) is -0.312. The highest BCUT2D eigenvalue weighted by Gasteiger charge is 2.35. The fourth-order valence-electron chi connectivity index (χ4n) is 4.13. The fraction of sp³-hybridized carbons (Fsp3) is 0.250. The molecule has 0 N–H and O–H groups in total. The molecule has 4 aromatic rings. The summed E-state index contributed by atoms with van der Waals surface area (Å²) in [6.45, 7) is 1.04. The molecule has 0 saturated carbocycles. The first kappa shape index (κ1) is 23.4. The number of fused-ring (bicyclic) bond motifs is 1. The number of carbonyl (C=O) groups is 1. The molecule has 1 fully saturated rings. The number of hydrogen-bond acceptors (Lipinski definition) is 6. The standard InChI is InChI=1S/C24H22ClN3O3S3/c25-19-8-4-9-20-22(19)26-24(33-20)28(16-17-6-2-1-3-7-17)23(29)18-11-13-27(14-12-18)34(30,31)21-10-5-15-32-21/h1-10,15,18H,11-14,16H2. The number of halogens is 1. The van der Waals surface area contributed by atoms with E-state index in [9.17, 15) is 13.2 Å². The van der Waals surface area contributed by atoms with Gasteiger partial charge >= 0.3 is 0 Å². The van der Waals surface area contributed by atoms with Crippen molar-refractivity contribution in [3.8, 4) is 0 Å². The predicted octanol–water partition coefficient (Wildman–Crippen LogP) is 5.65. The molecule has 3 heterocycles. The van der Waals surface area contributed by atoms with Crippen LogP contribution in [0.4, 0.5) is 5.13 Å². The lowest BCUT2D eigenvalue weighted by atomic mass is 9.96. The van der Waals surface area contributed by atoms with Gasteiger partial charge < -0.3 is 0 Å². The van der Waals surface area contributed by atoms with Gasteiger partial charge in [0.1, 0.15) is 9.73 Å². The number of carbonyl (C=O) groups excluding carboxylic acids is 1. The van der Waals surface area contributed by atoms with Crippen LogP contribution in [0.25, 0.3) is 10.2 Å². The molecule has 0 radical (unpaired) electrons. The predicted molar refractivity (Wildman–Crippen MR) is 138 cm³/mol. The Bertz CT molecular complexity index is 1400.